The maximum absolute atomic E-state index is 5.28. The standard InChI is InChI=1S/C20H35N7O.HI/c1-21-18(25-17-20(5-3-6-20)7-16-28-2)22-10-11-26-12-14-27(15-13-26)19-23-8-4-9-24-19;/h4,8-9H,3,5-7,10-17H2,1-2H3,(H2,21,22,25);1H. The Morgan fingerprint density at radius 1 is 1.17 bits per heavy atom. The highest BCUT2D eigenvalue weighted by molar-refractivity contribution is 14.0. The molecule has 0 radical (unpaired) electrons. The van der Waals surface area contributed by atoms with Crippen molar-refractivity contribution in [2.45, 2.75) is 25.7 Å². The van der Waals surface area contributed by atoms with Crippen LogP contribution in [-0.4, -0.2) is 87.4 Å². The molecular formula is C20H36IN7O. The Balaban J connectivity index is 0.00000300. The van der Waals surface area contributed by atoms with Crippen LogP contribution in [0.2, 0.25) is 0 Å². The molecule has 2 heterocycles. The van der Waals surface area contributed by atoms with Crippen LogP contribution in [0.4, 0.5) is 5.95 Å². The molecule has 0 unspecified atom stereocenters. The van der Waals surface area contributed by atoms with E-state index in [0.29, 0.717) is 5.41 Å². The molecule has 2 fully saturated rings. The lowest BCUT2D eigenvalue weighted by Gasteiger charge is -2.42. The molecule has 1 saturated carbocycles. The minimum atomic E-state index is 0. The van der Waals surface area contributed by atoms with Gasteiger partial charge in [-0.25, -0.2) is 9.97 Å². The Morgan fingerprint density at radius 3 is 2.48 bits per heavy atom. The highest BCUT2D eigenvalue weighted by atomic mass is 127. The normalized spacial score (nSPS) is 19.2. The van der Waals surface area contributed by atoms with Crippen LogP contribution in [0.25, 0.3) is 0 Å². The molecule has 0 bridgehead atoms. The van der Waals surface area contributed by atoms with Gasteiger partial charge in [-0.2, -0.15) is 0 Å². The van der Waals surface area contributed by atoms with Crippen molar-refractivity contribution in [1.82, 2.24) is 25.5 Å². The van der Waals surface area contributed by atoms with E-state index >= 15 is 0 Å². The van der Waals surface area contributed by atoms with Crippen molar-refractivity contribution in [3.63, 3.8) is 0 Å². The van der Waals surface area contributed by atoms with Crippen LogP contribution >= 0.6 is 24.0 Å². The van der Waals surface area contributed by atoms with Gasteiger partial charge in [0.25, 0.3) is 0 Å². The number of rotatable bonds is 9. The molecule has 3 rings (SSSR count). The van der Waals surface area contributed by atoms with Crippen LogP contribution in [-0.2, 0) is 4.74 Å². The minimum absolute atomic E-state index is 0. The fourth-order valence-corrected chi connectivity index (χ4v) is 3.96. The fourth-order valence-electron chi connectivity index (χ4n) is 3.96. The number of hydrogen-bond acceptors (Lipinski definition) is 6. The summed E-state index contributed by atoms with van der Waals surface area (Å²) in [5.41, 5.74) is 0.392. The molecule has 29 heavy (non-hydrogen) atoms. The molecule has 8 nitrogen and oxygen atoms in total. The molecule has 1 aliphatic heterocycles. The van der Waals surface area contributed by atoms with Gasteiger partial charge in [0.15, 0.2) is 5.96 Å². The summed E-state index contributed by atoms with van der Waals surface area (Å²) < 4.78 is 5.28. The van der Waals surface area contributed by atoms with Crippen molar-refractivity contribution in [1.29, 1.82) is 0 Å². The molecule has 0 amide bonds. The van der Waals surface area contributed by atoms with Crippen molar-refractivity contribution in [2.75, 3.05) is 71.5 Å². The summed E-state index contributed by atoms with van der Waals surface area (Å²) in [7, 11) is 3.63. The first kappa shape index (κ1) is 24.1. The number of ether oxygens (including phenoxy) is 1. The minimum Gasteiger partial charge on any atom is -0.385 e. The fraction of sp³-hybridized carbons (Fsp3) is 0.750. The van der Waals surface area contributed by atoms with E-state index in [0.717, 1.165) is 70.7 Å². The third-order valence-electron chi connectivity index (χ3n) is 6.03. The van der Waals surface area contributed by atoms with Gasteiger partial charge in [-0.3, -0.25) is 9.89 Å². The summed E-state index contributed by atoms with van der Waals surface area (Å²) in [6.45, 7) is 7.74. The second kappa shape index (κ2) is 12.5. The van der Waals surface area contributed by atoms with E-state index in [1.54, 1.807) is 19.5 Å². The SMILES string of the molecule is CN=C(NCCN1CCN(c2ncccn2)CC1)NCC1(CCOC)CCC1.I. The Hall–Kier alpha value is -1.20. The topological polar surface area (TPSA) is 77.9 Å². The molecule has 1 aromatic heterocycles. The number of nitrogens with zero attached hydrogens (tertiary/aromatic N) is 5. The molecule has 1 aromatic rings. The van der Waals surface area contributed by atoms with Crippen molar-refractivity contribution in [3.05, 3.63) is 18.5 Å². The predicted octanol–water partition coefficient (Wildman–Crippen LogP) is 1.59. The maximum Gasteiger partial charge on any atom is 0.225 e. The summed E-state index contributed by atoms with van der Waals surface area (Å²) >= 11 is 0. The number of anilines is 1. The number of piperazine rings is 1. The number of halogens is 1. The third kappa shape index (κ3) is 7.21. The van der Waals surface area contributed by atoms with E-state index in [1.165, 1.54) is 19.3 Å². The average molecular weight is 517 g/mol. The van der Waals surface area contributed by atoms with E-state index < -0.39 is 0 Å². The van der Waals surface area contributed by atoms with Gasteiger partial charge in [0, 0.05) is 79.0 Å². The van der Waals surface area contributed by atoms with Gasteiger partial charge in [-0.05, 0) is 30.7 Å². The quantitative estimate of drug-likeness (QED) is 0.293. The molecular weight excluding hydrogens is 481 g/mol. The van der Waals surface area contributed by atoms with Crippen LogP contribution in [0.5, 0.6) is 0 Å². The van der Waals surface area contributed by atoms with Crippen LogP contribution < -0.4 is 15.5 Å². The number of aliphatic imine (C=N–C) groups is 1. The Labute approximate surface area is 191 Å². The molecule has 2 aliphatic rings. The third-order valence-corrected chi connectivity index (χ3v) is 6.03. The molecule has 164 valence electrons. The van der Waals surface area contributed by atoms with E-state index in [1.807, 2.05) is 13.1 Å². The van der Waals surface area contributed by atoms with Crippen molar-refractivity contribution < 1.29 is 4.74 Å². The first-order valence-corrected chi connectivity index (χ1v) is 10.4. The number of guanidine groups is 1. The Bertz CT molecular complexity index is 604. The molecule has 0 atom stereocenters. The largest absolute Gasteiger partial charge is 0.385 e. The highest BCUT2D eigenvalue weighted by Crippen LogP contribution is 2.43. The summed E-state index contributed by atoms with van der Waals surface area (Å²) in [5, 5.41) is 6.99. The lowest BCUT2D eigenvalue weighted by Crippen LogP contribution is -2.51. The van der Waals surface area contributed by atoms with Gasteiger partial charge in [0.2, 0.25) is 5.95 Å². The lowest BCUT2D eigenvalue weighted by atomic mass is 9.67. The van der Waals surface area contributed by atoms with Crippen molar-refractivity contribution in [3.8, 4) is 0 Å². The number of methoxy groups -OCH3 is 1. The van der Waals surface area contributed by atoms with Crippen LogP contribution in [0.15, 0.2) is 23.5 Å². The molecule has 1 saturated heterocycles. The second-order valence-electron chi connectivity index (χ2n) is 7.83. The maximum atomic E-state index is 5.28. The lowest BCUT2D eigenvalue weighted by molar-refractivity contribution is 0.0732. The summed E-state index contributed by atoms with van der Waals surface area (Å²) in [4.78, 5) is 17.8. The smallest absolute Gasteiger partial charge is 0.225 e. The van der Waals surface area contributed by atoms with Gasteiger partial charge in [0.05, 0.1) is 0 Å². The Morgan fingerprint density at radius 2 is 1.90 bits per heavy atom. The first-order chi connectivity index (χ1) is 13.7. The van der Waals surface area contributed by atoms with Crippen LogP contribution in [0, 0.1) is 5.41 Å². The molecule has 0 aromatic carbocycles. The number of aromatic nitrogens is 2. The summed E-state index contributed by atoms with van der Waals surface area (Å²) in [6, 6.07) is 1.86. The van der Waals surface area contributed by atoms with Gasteiger partial charge >= 0.3 is 0 Å². The highest BCUT2D eigenvalue weighted by Gasteiger charge is 2.36. The molecule has 1 aliphatic carbocycles. The zero-order valence-corrected chi connectivity index (χ0v) is 20.1. The predicted molar refractivity (Wildman–Crippen MR) is 128 cm³/mol. The zero-order valence-electron chi connectivity index (χ0n) is 17.8. The van der Waals surface area contributed by atoms with Crippen molar-refractivity contribution >= 4 is 35.9 Å². The van der Waals surface area contributed by atoms with Crippen LogP contribution in [0.1, 0.15) is 25.7 Å². The average Bonchev–Trinajstić information content (AvgIpc) is 2.72. The molecule has 9 heteroatoms. The monoisotopic (exact) mass is 517 g/mol. The van der Waals surface area contributed by atoms with Crippen LogP contribution in [0.3, 0.4) is 0 Å². The summed E-state index contributed by atoms with van der Waals surface area (Å²) in [6.07, 6.45) is 8.65. The molecule has 0 spiro atoms. The zero-order chi connectivity index (χ0) is 19.7. The van der Waals surface area contributed by atoms with Crippen molar-refractivity contribution in [2.24, 2.45) is 10.4 Å². The summed E-state index contributed by atoms with van der Waals surface area (Å²) in [5.74, 6) is 1.74. The van der Waals surface area contributed by atoms with Gasteiger partial charge in [-0.15, -0.1) is 24.0 Å². The second-order valence-corrected chi connectivity index (χ2v) is 7.83. The Kier molecular flexibility index (Phi) is 10.4. The van der Waals surface area contributed by atoms with Gasteiger partial charge in [-0.1, -0.05) is 6.42 Å². The van der Waals surface area contributed by atoms with E-state index in [-0.39, 0.29) is 24.0 Å². The van der Waals surface area contributed by atoms with Gasteiger partial charge < -0.3 is 20.3 Å². The molecule has 2 N–H and O–H groups in total. The number of nitrogens with one attached hydrogen (secondary N) is 2. The number of hydrogen-bond donors (Lipinski definition) is 2. The van der Waals surface area contributed by atoms with E-state index in [4.69, 9.17) is 4.74 Å². The van der Waals surface area contributed by atoms with E-state index in [9.17, 15) is 0 Å². The van der Waals surface area contributed by atoms with Gasteiger partial charge in [0.1, 0.15) is 0 Å². The first-order valence-electron chi connectivity index (χ1n) is 10.4. The van der Waals surface area contributed by atoms with E-state index in [2.05, 4.69) is 35.4 Å².